The van der Waals surface area contributed by atoms with Gasteiger partial charge in [0.15, 0.2) is 0 Å². The summed E-state index contributed by atoms with van der Waals surface area (Å²) < 4.78 is 0. The first-order chi connectivity index (χ1) is 9.70. The van der Waals surface area contributed by atoms with Gasteiger partial charge in [-0.25, -0.2) is 4.79 Å². The summed E-state index contributed by atoms with van der Waals surface area (Å²) in [5.74, 6) is -0.878. The Morgan fingerprint density at radius 3 is 2.14 bits per heavy atom. The Morgan fingerprint density at radius 2 is 1.76 bits per heavy atom. The van der Waals surface area contributed by atoms with Gasteiger partial charge in [0, 0.05) is 18.3 Å². The highest BCUT2D eigenvalue weighted by molar-refractivity contribution is 5.89. The molecule has 5 nitrogen and oxygen atoms in total. The quantitative estimate of drug-likeness (QED) is 0.874. The molecule has 2 amide bonds. The summed E-state index contributed by atoms with van der Waals surface area (Å²) in [6, 6.07) is 6.89. The van der Waals surface area contributed by atoms with Gasteiger partial charge in [0.1, 0.15) is 0 Å². The number of carbonyl (C=O) groups is 2. The van der Waals surface area contributed by atoms with E-state index in [-0.39, 0.29) is 12.1 Å². The highest BCUT2D eigenvalue weighted by atomic mass is 16.4. The van der Waals surface area contributed by atoms with Crippen LogP contribution in [-0.2, 0) is 10.2 Å². The first-order valence-electron chi connectivity index (χ1n) is 7.11. The van der Waals surface area contributed by atoms with E-state index in [0.717, 1.165) is 0 Å². The number of urea groups is 1. The van der Waals surface area contributed by atoms with Crippen LogP contribution >= 0.6 is 0 Å². The third kappa shape index (κ3) is 3.97. The minimum atomic E-state index is -0.948. The molecule has 0 fully saturated rings. The SMILES string of the molecule is CCN(C(=O)Nc1ccc(C(C)(C)C(=O)O)cc1)C(C)C. The summed E-state index contributed by atoms with van der Waals surface area (Å²) in [6.45, 7) is 9.79. The highest BCUT2D eigenvalue weighted by Crippen LogP contribution is 2.24. The predicted octanol–water partition coefficient (Wildman–Crippen LogP) is 3.31. The van der Waals surface area contributed by atoms with Crippen molar-refractivity contribution in [2.75, 3.05) is 11.9 Å². The molecule has 0 aliphatic carbocycles. The number of rotatable bonds is 5. The Balaban J connectivity index is 2.85. The number of anilines is 1. The van der Waals surface area contributed by atoms with Crippen LogP contribution in [0.2, 0.25) is 0 Å². The lowest BCUT2D eigenvalue weighted by Gasteiger charge is -2.25. The molecule has 0 saturated carbocycles. The molecule has 1 rings (SSSR count). The Kier molecular flexibility index (Phi) is 5.35. The Labute approximate surface area is 126 Å². The molecule has 0 radical (unpaired) electrons. The molecule has 1 aromatic rings. The van der Waals surface area contributed by atoms with Gasteiger partial charge in [-0.3, -0.25) is 4.79 Å². The van der Waals surface area contributed by atoms with Crippen molar-refractivity contribution >= 4 is 17.7 Å². The maximum atomic E-state index is 12.1. The minimum absolute atomic E-state index is 0.125. The summed E-state index contributed by atoms with van der Waals surface area (Å²) in [4.78, 5) is 25.0. The van der Waals surface area contributed by atoms with E-state index in [1.54, 1.807) is 43.0 Å². The number of hydrogen-bond donors (Lipinski definition) is 2. The smallest absolute Gasteiger partial charge is 0.322 e. The van der Waals surface area contributed by atoms with Crippen molar-refractivity contribution in [2.24, 2.45) is 0 Å². The van der Waals surface area contributed by atoms with E-state index in [9.17, 15) is 14.7 Å². The van der Waals surface area contributed by atoms with Crippen LogP contribution in [-0.4, -0.2) is 34.6 Å². The van der Waals surface area contributed by atoms with Gasteiger partial charge in [0.25, 0.3) is 0 Å². The van der Waals surface area contributed by atoms with Crippen molar-refractivity contribution in [3.05, 3.63) is 29.8 Å². The number of hydrogen-bond acceptors (Lipinski definition) is 2. The normalized spacial score (nSPS) is 11.3. The lowest BCUT2D eigenvalue weighted by atomic mass is 9.85. The van der Waals surface area contributed by atoms with Gasteiger partial charge >= 0.3 is 12.0 Å². The largest absolute Gasteiger partial charge is 0.481 e. The van der Waals surface area contributed by atoms with Crippen molar-refractivity contribution in [3.8, 4) is 0 Å². The van der Waals surface area contributed by atoms with Crippen LogP contribution in [0.5, 0.6) is 0 Å². The molecule has 0 bridgehead atoms. The molecule has 0 heterocycles. The van der Waals surface area contributed by atoms with E-state index in [1.165, 1.54) is 0 Å². The van der Waals surface area contributed by atoms with Crippen LogP contribution in [0.25, 0.3) is 0 Å². The monoisotopic (exact) mass is 292 g/mol. The number of carboxylic acids is 1. The number of amides is 2. The van der Waals surface area contributed by atoms with Crippen molar-refractivity contribution in [1.29, 1.82) is 0 Å². The molecule has 5 heteroatoms. The van der Waals surface area contributed by atoms with Crippen LogP contribution in [0.3, 0.4) is 0 Å². The predicted molar refractivity (Wildman–Crippen MR) is 83.6 cm³/mol. The first-order valence-corrected chi connectivity index (χ1v) is 7.11. The number of carboxylic acid groups (broad SMARTS) is 1. The van der Waals surface area contributed by atoms with E-state index in [0.29, 0.717) is 17.8 Å². The fourth-order valence-corrected chi connectivity index (χ4v) is 2.03. The number of nitrogens with zero attached hydrogens (tertiary/aromatic N) is 1. The molecule has 0 atom stereocenters. The summed E-state index contributed by atoms with van der Waals surface area (Å²) in [5.41, 5.74) is 0.406. The van der Waals surface area contributed by atoms with Gasteiger partial charge in [-0.1, -0.05) is 12.1 Å². The second-order valence-electron chi connectivity index (χ2n) is 5.82. The van der Waals surface area contributed by atoms with Gasteiger partial charge in [-0.15, -0.1) is 0 Å². The first kappa shape index (κ1) is 17.0. The van der Waals surface area contributed by atoms with Crippen LogP contribution in [0, 0.1) is 0 Å². The molecular weight excluding hydrogens is 268 g/mol. The van der Waals surface area contributed by atoms with Crippen molar-refractivity contribution in [3.63, 3.8) is 0 Å². The molecule has 2 N–H and O–H groups in total. The van der Waals surface area contributed by atoms with Crippen molar-refractivity contribution in [2.45, 2.75) is 46.1 Å². The summed E-state index contributed by atoms with van der Waals surface area (Å²) >= 11 is 0. The van der Waals surface area contributed by atoms with E-state index in [2.05, 4.69) is 5.32 Å². The van der Waals surface area contributed by atoms with Gasteiger partial charge in [-0.2, -0.15) is 0 Å². The number of benzene rings is 1. The molecule has 21 heavy (non-hydrogen) atoms. The van der Waals surface area contributed by atoms with Gasteiger partial charge in [-0.05, 0) is 52.3 Å². The molecule has 0 unspecified atom stereocenters. The molecule has 0 aliphatic rings. The third-order valence-corrected chi connectivity index (χ3v) is 3.62. The van der Waals surface area contributed by atoms with E-state index < -0.39 is 11.4 Å². The van der Waals surface area contributed by atoms with Crippen LogP contribution in [0.15, 0.2) is 24.3 Å². The lowest BCUT2D eigenvalue weighted by molar-refractivity contribution is -0.142. The third-order valence-electron chi connectivity index (χ3n) is 3.62. The van der Waals surface area contributed by atoms with Crippen LogP contribution in [0.1, 0.15) is 40.2 Å². The molecule has 0 spiro atoms. The standard InChI is InChI=1S/C16H24N2O3/c1-6-18(11(2)3)15(21)17-13-9-7-12(8-10-13)16(4,5)14(19)20/h7-11H,6H2,1-5H3,(H,17,21)(H,19,20). The number of aliphatic carboxylic acids is 1. The Hall–Kier alpha value is -2.04. The summed E-state index contributed by atoms with van der Waals surface area (Å²) in [5, 5.41) is 12.0. The zero-order valence-corrected chi connectivity index (χ0v) is 13.3. The molecule has 0 aliphatic heterocycles. The average molecular weight is 292 g/mol. The van der Waals surface area contributed by atoms with E-state index in [1.807, 2.05) is 20.8 Å². The van der Waals surface area contributed by atoms with Crippen molar-refractivity contribution in [1.82, 2.24) is 4.90 Å². The topological polar surface area (TPSA) is 69.6 Å². The zero-order valence-electron chi connectivity index (χ0n) is 13.3. The van der Waals surface area contributed by atoms with Gasteiger partial charge in [0.05, 0.1) is 5.41 Å². The maximum Gasteiger partial charge on any atom is 0.322 e. The average Bonchev–Trinajstić information content (AvgIpc) is 2.39. The van der Waals surface area contributed by atoms with Crippen molar-refractivity contribution < 1.29 is 14.7 Å². The second kappa shape index (κ2) is 6.61. The Morgan fingerprint density at radius 1 is 1.24 bits per heavy atom. The number of carbonyl (C=O) groups excluding carboxylic acids is 1. The summed E-state index contributed by atoms with van der Waals surface area (Å²) in [7, 11) is 0. The second-order valence-corrected chi connectivity index (χ2v) is 5.82. The zero-order chi connectivity index (χ0) is 16.2. The maximum absolute atomic E-state index is 12.1. The summed E-state index contributed by atoms with van der Waals surface area (Å²) in [6.07, 6.45) is 0. The van der Waals surface area contributed by atoms with Crippen LogP contribution in [0.4, 0.5) is 10.5 Å². The van der Waals surface area contributed by atoms with E-state index in [4.69, 9.17) is 0 Å². The molecule has 0 aromatic heterocycles. The molecule has 116 valence electrons. The number of nitrogens with one attached hydrogen (secondary N) is 1. The lowest BCUT2D eigenvalue weighted by Crippen LogP contribution is -2.39. The highest BCUT2D eigenvalue weighted by Gasteiger charge is 2.29. The van der Waals surface area contributed by atoms with Crippen LogP contribution < -0.4 is 5.32 Å². The van der Waals surface area contributed by atoms with Gasteiger partial charge in [0.2, 0.25) is 0 Å². The van der Waals surface area contributed by atoms with E-state index >= 15 is 0 Å². The Bertz CT molecular complexity index is 507. The molecule has 0 saturated heterocycles. The molecule has 1 aromatic carbocycles. The fraction of sp³-hybridized carbons (Fsp3) is 0.500. The minimum Gasteiger partial charge on any atom is -0.481 e. The molecular formula is C16H24N2O3. The van der Waals surface area contributed by atoms with Gasteiger partial charge < -0.3 is 15.3 Å². The fourth-order valence-electron chi connectivity index (χ4n) is 2.03.